The van der Waals surface area contributed by atoms with Crippen molar-refractivity contribution in [2.24, 2.45) is 0 Å². The van der Waals surface area contributed by atoms with Crippen molar-refractivity contribution in [3.63, 3.8) is 0 Å². The van der Waals surface area contributed by atoms with Gasteiger partial charge in [-0.05, 0) is 48.2 Å². The number of Topliss-reactive ketones (excluding diaryl/α,β-unsaturated/α-hetero) is 1. The van der Waals surface area contributed by atoms with E-state index in [9.17, 15) is 14.4 Å². The molecule has 0 spiro atoms. The van der Waals surface area contributed by atoms with Crippen LogP contribution in [0.5, 0.6) is 5.75 Å². The summed E-state index contributed by atoms with van der Waals surface area (Å²) in [4.78, 5) is 40.3. The summed E-state index contributed by atoms with van der Waals surface area (Å²) in [6.45, 7) is 0.870. The molecule has 3 heterocycles. The summed E-state index contributed by atoms with van der Waals surface area (Å²) in [5.41, 5.74) is 3.17. The molecule has 1 unspecified atom stereocenters. The second-order valence-electron chi connectivity index (χ2n) is 10.1. The van der Waals surface area contributed by atoms with E-state index in [0.29, 0.717) is 59.3 Å². The van der Waals surface area contributed by atoms with Crippen molar-refractivity contribution < 1.29 is 9.53 Å². The van der Waals surface area contributed by atoms with E-state index in [1.165, 1.54) is 9.36 Å². The number of rotatable bonds is 6. The summed E-state index contributed by atoms with van der Waals surface area (Å²) < 4.78 is 10.6. The third kappa shape index (κ3) is 3.98. The van der Waals surface area contributed by atoms with Gasteiger partial charge in [-0.25, -0.2) is 14.0 Å². The SMILES string of the molecule is O=C1CCCC2=C1C(c1ccc(OCc3cn(Cc4ccccc4)nn3)cc1)n1c(=O)c3ccccc3c(=O)n12. The molecule has 5 aromatic rings. The molecule has 9 nitrogen and oxygen atoms in total. The van der Waals surface area contributed by atoms with Crippen molar-refractivity contribution in [1.29, 1.82) is 0 Å². The minimum absolute atomic E-state index is 0.0239. The highest BCUT2D eigenvalue weighted by Gasteiger charge is 2.39. The number of allylic oxidation sites excluding steroid dienone is 2. The third-order valence-electron chi connectivity index (χ3n) is 7.56. The van der Waals surface area contributed by atoms with Crippen LogP contribution in [0.2, 0.25) is 0 Å². The van der Waals surface area contributed by atoms with Gasteiger partial charge in [0.25, 0.3) is 11.1 Å². The lowest BCUT2D eigenvalue weighted by molar-refractivity contribution is -0.116. The average molecular weight is 532 g/mol. The van der Waals surface area contributed by atoms with Gasteiger partial charge in [0.2, 0.25) is 0 Å². The number of ketones is 1. The van der Waals surface area contributed by atoms with E-state index in [-0.39, 0.29) is 23.5 Å². The van der Waals surface area contributed by atoms with E-state index < -0.39 is 6.04 Å². The van der Waals surface area contributed by atoms with E-state index in [1.54, 1.807) is 28.9 Å². The fourth-order valence-electron chi connectivity index (χ4n) is 5.73. The maximum Gasteiger partial charge on any atom is 0.277 e. The quantitative estimate of drug-likeness (QED) is 0.329. The molecule has 2 aliphatic rings. The van der Waals surface area contributed by atoms with Gasteiger partial charge in [0.1, 0.15) is 24.1 Å². The molecule has 0 radical (unpaired) electrons. The summed E-state index contributed by atoms with van der Waals surface area (Å²) in [6.07, 6.45) is 3.48. The smallest absolute Gasteiger partial charge is 0.277 e. The number of hydrogen-bond donors (Lipinski definition) is 0. The summed E-state index contributed by atoms with van der Waals surface area (Å²) in [6, 6.07) is 23.5. The number of benzene rings is 3. The maximum absolute atomic E-state index is 13.7. The zero-order valence-electron chi connectivity index (χ0n) is 21.6. The van der Waals surface area contributed by atoms with Gasteiger partial charge in [0.05, 0.1) is 29.2 Å². The van der Waals surface area contributed by atoms with E-state index in [2.05, 4.69) is 10.3 Å². The lowest BCUT2D eigenvalue weighted by atomic mass is 9.88. The van der Waals surface area contributed by atoms with Crippen molar-refractivity contribution >= 4 is 22.3 Å². The number of hydrogen-bond acceptors (Lipinski definition) is 6. The molecule has 0 fully saturated rings. The fourth-order valence-corrected chi connectivity index (χ4v) is 5.73. The standard InChI is InChI=1S/C31H25N5O4/c37-27-12-6-11-26-28(27)29(36-31(39)25-10-5-4-9-24(25)30(38)35(26)36)21-13-15-23(16-14-21)40-19-22-18-34(33-32-22)17-20-7-2-1-3-8-20/h1-5,7-10,13-16,18,29H,6,11-12,17,19H2. The number of ether oxygens (including phenoxy) is 1. The summed E-state index contributed by atoms with van der Waals surface area (Å²) >= 11 is 0. The molecule has 0 saturated heterocycles. The van der Waals surface area contributed by atoms with Crippen molar-refractivity contribution in [1.82, 2.24) is 24.4 Å². The molecule has 9 heteroatoms. The van der Waals surface area contributed by atoms with Gasteiger partial charge in [-0.2, -0.15) is 0 Å². The Balaban J connectivity index is 1.18. The molecule has 2 aromatic heterocycles. The second kappa shape index (κ2) is 9.60. The molecule has 0 amide bonds. The van der Waals surface area contributed by atoms with Gasteiger partial charge in [-0.3, -0.25) is 14.4 Å². The monoisotopic (exact) mass is 531 g/mol. The first-order valence-electron chi connectivity index (χ1n) is 13.3. The van der Waals surface area contributed by atoms with E-state index in [4.69, 9.17) is 4.74 Å². The van der Waals surface area contributed by atoms with Crippen LogP contribution in [0.1, 0.15) is 42.1 Å². The molecule has 3 aromatic carbocycles. The van der Waals surface area contributed by atoms with Crippen LogP contribution in [0.3, 0.4) is 0 Å². The topological polar surface area (TPSA) is 101 Å². The lowest BCUT2D eigenvalue weighted by Gasteiger charge is -2.19. The first-order chi connectivity index (χ1) is 19.6. The molecule has 40 heavy (non-hydrogen) atoms. The molecule has 1 atom stereocenters. The Kier molecular flexibility index (Phi) is 5.77. The first-order valence-corrected chi connectivity index (χ1v) is 13.3. The van der Waals surface area contributed by atoms with Crippen LogP contribution in [0.15, 0.2) is 100 Å². The third-order valence-corrected chi connectivity index (χ3v) is 7.56. The fraction of sp³-hybridized carbons (Fsp3) is 0.194. The van der Waals surface area contributed by atoms with Gasteiger partial charge in [-0.1, -0.05) is 59.8 Å². The highest BCUT2D eigenvalue weighted by Crippen LogP contribution is 2.41. The van der Waals surface area contributed by atoms with Crippen molar-refractivity contribution in [3.8, 4) is 5.75 Å². The predicted octanol–water partition coefficient (Wildman–Crippen LogP) is 3.95. The van der Waals surface area contributed by atoms with Crippen LogP contribution < -0.4 is 15.9 Å². The van der Waals surface area contributed by atoms with E-state index >= 15 is 0 Å². The minimum Gasteiger partial charge on any atom is -0.487 e. The van der Waals surface area contributed by atoms with Crippen LogP contribution in [-0.4, -0.2) is 30.1 Å². The number of carbonyl (C=O) groups excluding carboxylic acids is 1. The molecule has 0 N–H and O–H groups in total. The Bertz CT molecular complexity index is 1920. The second-order valence-corrected chi connectivity index (χ2v) is 10.1. The molecular weight excluding hydrogens is 506 g/mol. The highest BCUT2D eigenvalue weighted by atomic mass is 16.5. The Morgan fingerprint density at radius 1 is 0.825 bits per heavy atom. The molecular formula is C31H25N5O4. The van der Waals surface area contributed by atoms with Crippen LogP contribution in [0.4, 0.5) is 0 Å². The zero-order chi connectivity index (χ0) is 27.2. The van der Waals surface area contributed by atoms with Gasteiger partial charge in [-0.15, -0.1) is 5.10 Å². The lowest BCUT2D eigenvalue weighted by Crippen LogP contribution is -2.37. The Morgan fingerprint density at radius 2 is 1.55 bits per heavy atom. The number of carbonyl (C=O) groups is 1. The van der Waals surface area contributed by atoms with Crippen molar-refractivity contribution in [2.75, 3.05) is 0 Å². The molecule has 1 aliphatic heterocycles. The normalized spacial score (nSPS) is 16.3. The van der Waals surface area contributed by atoms with Crippen LogP contribution >= 0.6 is 0 Å². The van der Waals surface area contributed by atoms with Gasteiger partial charge < -0.3 is 4.74 Å². The van der Waals surface area contributed by atoms with E-state index in [0.717, 1.165) is 11.1 Å². The van der Waals surface area contributed by atoms with Gasteiger partial charge in [0, 0.05) is 12.0 Å². The Labute approximate surface area is 228 Å². The molecule has 198 valence electrons. The average Bonchev–Trinajstić information content (AvgIpc) is 3.59. The molecule has 0 bridgehead atoms. The zero-order valence-corrected chi connectivity index (χ0v) is 21.6. The van der Waals surface area contributed by atoms with E-state index in [1.807, 2.05) is 60.8 Å². The molecule has 1 aliphatic carbocycles. The molecule has 7 rings (SSSR count). The van der Waals surface area contributed by atoms with Crippen LogP contribution in [0.25, 0.3) is 16.5 Å². The summed E-state index contributed by atoms with van der Waals surface area (Å²) in [7, 11) is 0. The van der Waals surface area contributed by atoms with Crippen LogP contribution in [0, 0.1) is 0 Å². The van der Waals surface area contributed by atoms with Crippen LogP contribution in [-0.2, 0) is 17.9 Å². The first kappa shape index (κ1) is 24.0. The number of nitrogens with zero attached hydrogens (tertiary/aromatic N) is 5. The van der Waals surface area contributed by atoms with Gasteiger partial charge in [0.15, 0.2) is 5.78 Å². The summed E-state index contributed by atoms with van der Waals surface area (Å²) in [5, 5.41) is 9.09. The van der Waals surface area contributed by atoms with Gasteiger partial charge >= 0.3 is 0 Å². The predicted molar refractivity (Wildman–Crippen MR) is 149 cm³/mol. The Hall–Kier alpha value is -5.05. The Morgan fingerprint density at radius 3 is 2.33 bits per heavy atom. The largest absolute Gasteiger partial charge is 0.487 e. The maximum atomic E-state index is 13.7. The van der Waals surface area contributed by atoms with Crippen molar-refractivity contribution in [3.05, 3.63) is 128 Å². The van der Waals surface area contributed by atoms with Crippen molar-refractivity contribution in [2.45, 2.75) is 38.5 Å². The molecule has 0 saturated carbocycles. The minimum atomic E-state index is -0.667. The number of fused-ring (bicyclic) bond motifs is 3. The summed E-state index contributed by atoms with van der Waals surface area (Å²) in [5.74, 6) is 0.594. The highest BCUT2D eigenvalue weighted by molar-refractivity contribution is 6.04. The number of aromatic nitrogens is 5.